The van der Waals surface area contributed by atoms with Gasteiger partial charge in [0.05, 0.1) is 0 Å². The molecule has 1 aromatic carbocycles. The van der Waals surface area contributed by atoms with Crippen LogP contribution in [0.25, 0.3) is 0 Å². The summed E-state index contributed by atoms with van der Waals surface area (Å²) in [6.45, 7) is 8.09. The van der Waals surface area contributed by atoms with Crippen LogP contribution in [0.2, 0.25) is 0 Å². The predicted octanol–water partition coefficient (Wildman–Crippen LogP) is 4.06. The van der Waals surface area contributed by atoms with Crippen molar-refractivity contribution in [3.05, 3.63) is 59.7 Å². The van der Waals surface area contributed by atoms with E-state index in [0.29, 0.717) is 0 Å². The first-order chi connectivity index (χ1) is 6.76. The van der Waals surface area contributed by atoms with Gasteiger partial charge in [-0.15, -0.1) is 0 Å². The maximum Gasteiger partial charge on any atom is -0.00291 e. The highest BCUT2D eigenvalue weighted by Gasteiger charge is 1.94. The van der Waals surface area contributed by atoms with E-state index in [1.165, 1.54) is 16.7 Å². The molecule has 0 saturated carbocycles. The Kier molecular flexibility index (Phi) is 4.18. The molecule has 0 atom stereocenters. The summed E-state index contributed by atoms with van der Waals surface area (Å²) in [6, 6.07) is 8.68. The molecule has 0 aromatic heterocycles. The Labute approximate surface area is 87.0 Å². The molecule has 0 amide bonds. The molecule has 0 aliphatic carbocycles. The third-order valence-corrected chi connectivity index (χ3v) is 2.26. The fourth-order valence-corrected chi connectivity index (χ4v) is 1.43. The van der Waals surface area contributed by atoms with E-state index in [4.69, 9.17) is 0 Å². The average molecular weight is 186 g/mol. The minimum atomic E-state index is 0.998. The molecule has 0 aliphatic heterocycles. The van der Waals surface area contributed by atoms with Crippen LogP contribution in [0.3, 0.4) is 0 Å². The van der Waals surface area contributed by atoms with E-state index < -0.39 is 0 Å². The molecule has 0 heterocycles. The van der Waals surface area contributed by atoms with Crippen LogP contribution in [-0.2, 0) is 6.42 Å². The standard InChI is InChI=1S/C14H18/c1-4-6-13(5-2)11-14-9-7-12(3)8-10-14/h5-10H,2,4,11H2,1,3H3/b13-6+. The largest absolute Gasteiger partial charge is 0.0988 e. The van der Waals surface area contributed by atoms with E-state index in [-0.39, 0.29) is 0 Å². The molecule has 0 N–H and O–H groups in total. The fourth-order valence-electron chi connectivity index (χ4n) is 1.43. The van der Waals surface area contributed by atoms with Crippen LogP contribution in [0.5, 0.6) is 0 Å². The number of allylic oxidation sites excluding steroid dienone is 3. The molecule has 0 bridgehead atoms. The Morgan fingerprint density at radius 2 is 1.93 bits per heavy atom. The summed E-state index contributed by atoms with van der Waals surface area (Å²) in [7, 11) is 0. The summed E-state index contributed by atoms with van der Waals surface area (Å²) in [6.07, 6.45) is 6.25. The number of benzene rings is 1. The van der Waals surface area contributed by atoms with Crippen molar-refractivity contribution in [1.29, 1.82) is 0 Å². The van der Waals surface area contributed by atoms with Gasteiger partial charge in [0.1, 0.15) is 0 Å². The van der Waals surface area contributed by atoms with Crippen LogP contribution in [0.1, 0.15) is 24.5 Å². The van der Waals surface area contributed by atoms with Gasteiger partial charge in [-0.3, -0.25) is 0 Å². The highest BCUT2D eigenvalue weighted by atomic mass is 14.0. The lowest BCUT2D eigenvalue weighted by Crippen LogP contribution is -1.87. The number of hydrogen-bond acceptors (Lipinski definition) is 0. The lowest BCUT2D eigenvalue weighted by molar-refractivity contribution is 1.13. The van der Waals surface area contributed by atoms with Crippen molar-refractivity contribution in [1.82, 2.24) is 0 Å². The lowest BCUT2D eigenvalue weighted by atomic mass is 10.0. The minimum absolute atomic E-state index is 0.998. The molecule has 1 aromatic rings. The van der Waals surface area contributed by atoms with Crippen molar-refractivity contribution >= 4 is 0 Å². The monoisotopic (exact) mass is 186 g/mol. The van der Waals surface area contributed by atoms with Crippen LogP contribution in [0.4, 0.5) is 0 Å². The van der Waals surface area contributed by atoms with Crippen molar-refractivity contribution < 1.29 is 0 Å². The molecule has 0 saturated heterocycles. The van der Waals surface area contributed by atoms with E-state index in [2.05, 4.69) is 50.8 Å². The van der Waals surface area contributed by atoms with Gasteiger partial charge in [-0.25, -0.2) is 0 Å². The van der Waals surface area contributed by atoms with Crippen LogP contribution >= 0.6 is 0 Å². The maximum atomic E-state index is 3.83. The molecule has 14 heavy (non-hydrogen) atoms. The second-order valence-electron chi connectivity index (χ2n) is 3.55. The zero-order valence-electron chi connectivity index (χ0n) is 9.09. The third kappa shape index (κ3) is 3.21. The molecule has 0 heteroatoms. The molecular formula is C14H18. The van der Waals surface area contributed by atoms with Crippen molar-refractivity contribution in [2.75, 3.05) is 0 Å². The smallest absolute Gasteiger partial charge is 0.00291 e. The summed E-state index contributed by atoms with van der Waals surface area (Å²) in [5, 5.41) is 0. The van der Waals surface area contributed by atoms with Crippen molar-refractivity contribution in [2.45, 2.75) is 26.7 Å². The highest BCUT2D eigenvalue weighted by molar-refractivity contribution is 5.29. The first-order valence-electron chi connectivity index (χ1n) is 5.13. The summed E-state index contributed by atoms with van der Waals surface area (Å²) < 4.78 is 0. The number of hydrogen-bond donors (Lipinski definition) is 0. The van der Waals surface area contributed by atoms with E-state index >= 15 is 0 Å². The predicted molar refractivity (Wildman–Crippen MR) is 63.5 cm³/mol. The summed E-state index contributed by atoms with van der Waals surface area (Å²) in [4.78, 5) is 0. The summed E-state index contributed by atoms with van der Waals surface area (Å²) in [5.41, 5.74) is 3.99. The van der Waals surface area contributed by atoms with E-state index in [0.717, 1.165) is 12.8 Å². The normalized spacial score (nSPS) is 11.4. The molecule has 0 aliphatic rings. The van der Waals surface area contributed by atoms with E-state index in [9.17, 15) is 0 Å². The molecule has 0 fully saturated rings. The van der Waals surface area contributed by atoms with Crippen molar-refractivity contribution in [3.8, 4) is 0 Å². The van der Waals surface area contributed by atoms with Crippen LogP contribution in [0.15, 0.2) is 48.6 Å². The maximum absolute atomic E-state index is 3.83. The van der Waals surface area contributed by atoms with Gasteiger partial charge >= 0.3 is 0 Å². The highest BCUT2D eigenvalue weighted by Crippen LogP contribution is 2.10. The molecule has 0 radical (unpaired) electrons. The average Bonchev–Trinajstić information content (AvgIpc) is 2.20. The summed E-state index contributed by atoms with van der Waals surface area (Å²) >= 11 is 0. The fraction of sp³-hybridized carbons (Fsp3) is 0.286. The van der Waals surface area contributed by atoms with Gasteiger partial charge < -0.3 is 0 Å². The Hall–Kier alpha value is -1.30. The van der Waals surface area contributed by atoms with Gasteiger partial charge in [0.15, 0.2) is 0 Å². The molecule has 74 valence electrons. The van der Waals surface area contributed by atoms with E-state index in [1.54, 1.807) is 0 Å². The van der Waals surface area contributed by atoms with Crippen molar-refractivity contribution in [3.63, 3.8) is 0 Å². The molecule has 1 rings (SSSR count). The van der Waals surface area contributed by atoms with Crippen LogP contribution < -0.4 is 0 Å². The zero-order chi connectivity index (χ0) is 10.4. The van der Waals surface area contributed by atoms with Gasteiger partial charge in [-0.05, 0) is 30.9 Å². The quantitative estimate of drug-likeness (QED) is 0.622. The summed E-state index contributed by atoms with van der Waals surface area (Å²) in [5.74, 6) is 0. The Bertz CT molecular complexity index is 314. The van der Waals surface area contributed by atoms with Crippen LogP contribution in [-0.4, -0.2) is 0 Å². The number of rotatable bonds is 4. The Morgan fingerprint density at radius 3 is 2.43 bits per heavy atom. The minimum Gasteiger partial charge on any atom is -0.0988 e. The van der Waals surface area contributed by atoms with Crippen LogP contribution in [0, 0.1) is 6.92 Å². The van der Waals surface area contributed by atoms with Gasteiger partial charge in [0.25, 0.3) is 0 Å². The van der Waals surface area contributed by atoms with Gasteiger partial charge in [0, 0.05) is 0 Å². The lowest BCUT2D eigenvalue weighted by Gasteiger charge is -2.02. The second kappa shape index (κ2) is 5.43. The zero-order valence-corrected chi connectivity index (χ0v) is 9.09. The molecule has 0 unspecified atom stereocenters. The second-order valence-corrected chi connectivity index (χ2v) is 3.55. The van der Waals surface area contributed by atoms with E-state index in [1.807, 2.05) is 6.08 Å². The van der Waals surface area contributed by atoms with Gasteiger partial charge in [-0.1, -0.05) is 55.5 Å². The van der Waals surface area contributed by atoms with Gasteiger partial charge in [0.2, 0.25) is 0 Å². The molecular weight excluding hydrogens is 168 g/mol. The SMILES string of the molecule is C=C/C(=C\CC)Cc1ccc(C)cc1. The van der Waals surface area contributed by atoms with Crippen molar-refractivity contribution in [2.24, 2.45) is 0 Å². The molecule has 0 nitrogen and oxygen atoms in total. The first kappa shape index (κ1) is 10.8. The van der Waals surface area contributed by atoms with Gasteiger partial charge in [-0.2, -0.15) is 0 Å². The Morgan fingerprint density at radius 1 is 1.29 bits per heavy atom. The topological polar surface area (TPSA) is 0 Å². The Balaban J connectivity index is 2.72. The molecule has 0 spiro atoms. The first-order valence-corrected chi connectivity index (χ1v) is 5.13. The number of aryl methyl sites for hydroxylation is 1. The third-order valence-electron chi connectivity index (χ3n) is 2.26.